The fraction of sp³-hybridized carbons (Fsp3) is 0.517. The minimum atomic E-state index is -0.247. The molecule has 0 bridgehead atoms. The second-order valence-electron chi connectivity index (χ2n) is 11.2. The van der Waals surface area contributed by atoms with E-state index in [1.165, 1.54) is 17.7 Å². The second-order valence-corrected chi connectivity index (χ2v) is 12.1. The number of tetrazole rings is 1. The maximum atomic E-state index is 13.4. The summed E-state index contributed by atoms with van der Waals surface area (Å²) in [4.78, 5) is 18.0. The third-order valence-corrected chi connectivity index (χ3v) is 8.58. The van der Waals surface area contributed by atoms with E-state index in [1.807, 2.05) is 30.3 Å². The number of aromatic nitrogens is 4. The summed E-state index contributed by atoms with van der Waals surface area (Å²) in [7, 11) is 1.77. The first-order chi connectivity index (χ1) is 19.9. The molecule has 220 valence electrons. The number of nitrogens with one attached hydrogen (secondary N) is 2. The largest absolute Gasteiger partial charge is 0.395 e. The molecule has 3 N–H and O–H groups in total. The first-order valence-corrected chi connectivity index (χ1v) is 15.1. The SMILES string of the molecule is Cn1nnnc1-c1cc(Br)cc(NC(=O)N[C@@H]2CCN(CCO)C[C@H]2CN2CCCC(Cc3ccc(F)cc3)C2)c1. The van der Waals surface area contributed by atoms with Gasteiger partial charge in [-0.3, -0.25) is 0 Å². The van der Waals surface area contributed by atoms with Gasteiger partial charge in [-0.05, 0) is 84.5 Å². The van der Waals surface area contributed by atoms with Gasteiger partial charge in [-0.2, -0.15) is 0 Å². The van der Waals surface area contributed by atoms with Crippen LogP contribution in [0.2, 0.25) is 0 Å². The van der Waals surface area contributed by atoms with E-state index in [-0.39, 0.29) is 30.4 Å². The van der Waals surface area contributed by atoms with Crippen molar-refractivity contribution in [3.63, 3.8) is 0 Å². The fourth-order valence-corrected chi connectivity index (χ4v) is 6.69. The van der Waals surface area contributed by atoms with Crippen LogP contribution in [0, 0.1) is 17.7 Å². The number of aliphatic hydroxyl groups excluding tert-OH is 1. The summed E-state index contributed by atoms with van der Waals surface area (Å²) in [5.74, 6) is 1.16. The monoisotopic (exact) mass is 628 g/mol. The Morgan fingerprint density at radius 1 is 1.12 bits per heavy atom. The molecule has 2 fully saturated rings. The van der Waals surface area contributed by atoms with Gasteiger partial charge in [0.2, 0.25) is 0 Å². The van der Waals surface area contributed by atoms with Gasteiger partial charge in [0.15, 0.2) is 5.82 Å². The van der Waals surface area contributed by atoms with Gasteiger partial charge < -0.3 is 25.5 Å². The van der Waals surface area contributed by atoms with Crippen LogP contribution in [-0.4, -0.2) is 93.1 Å². The normalized spacial score (nSPS) is 22.0. The van der Waals surface area contributed by atoms with Crippen molar-refractivity contribution in [2.75, 3.05) is 51.2 Å². The zero-order chi connectivity index (χ0) is 28.8. The van der Waals surface area contributed by atoms with Crippen molar-refractivity contribution in [3.05, 3.63) is 58.3 Å². The van der Waals surface area contributed by atoms with Crippen molar-refractivity contribution in [2.45, 2.75) is 31.7 Å². The van der Waals surface area contributed by atoms with Crippen molar-refractivity contribution in [1.82, 2.24) is 35.3 Å². The van der Waals surface area contributed by atoms with Gasteiger partial charge in [0, 0.05) is 67.5 Å². The van der Waals surface area contributed by atoms with Crippen LogP contribution in [0.3, 0.4) is 0 Å². The van der Waals surface area contributed by atoms with Crippen LogP contribution >= 0.6 is 15.9 Å². The average molecular weight is 630 g/mol. The Hall–Kier alpha value is -2.93. The summed E-state index contributed by atoms with van der Waals surface area (Å²) < 4.78 is 15.8. The minimum absolute atomic E-state index is 0.0111. The number of hydrogen-bond donors (Lipinski definition) is 3. The van der Waals surface area contributed by atoms with E-state index in [9.17, 15) is 14.3 Å². The fourth-order valence-electron chi connectivity index (χ4n) is 6.20. The van der Waals surface area contributed by atoms with Crippen molar-refractivity contribution >= 4 is 27.6 Å². The number of piperidine rings is 2. The molecule has 1 aromatic heterocycles. The summed E-state index contributed by atoms with van der Waals surface area (Å²) in [5, 5.41) is 27.5. The van der Waals surface area contributed by atoms with Crippen molar-refractivity contribution in [1.29, 1.82) is 0 Å². The predicted octanol–water partition coefficient (Wildman–Crippen LogP) is 3.54. The Balaban J connectivity index is 1.22. The van der Waals surface area contributed by atoms with Crippen molar-refractivity contribution in [3.8, 4) is 11.4 Å². The lowest BCUT2D eigenvalue weighted by Gasteiger charge is -2.42. The number of β-amino-alcohol motifs (C(OH)–C–C–N with tert-alkyl or cyclic N) is 1. The van der Waals surface area contributed by atoms with E-state index in [0.29, 0.717) is 24.0 Å². The standard InChI is InChI=1S/C29H38BrFN8O2/c1-37-28(34-35-36-37)22-14-24(30)16-26(15-22)32-29(41)33-27-8-10-38(11-12-40)18-23(27)19-39-9-2-3-21(17-39)13-20-4-6-25(31)7-5-20/h4-7,14-16,21,23,27,40H,2-3,8-13,17-19H2,1H3,(H2,32,33,41)/t21?,23-,27+/m0/s1. The van der Waals surface area contributed by atoms with Gasteiger partial charge in [-0.15, -0.1) is 5.10 Å². The first-order valence-electron chi connectivity index (χ1n) is 14.3. The molecule has 0 saturated carbocycles. The van der Waals surface area contributed by atoms with Crippen LogP contribution in [0.1, 0.15) is 24.8 Å². The molecule has 1 unspecified atom stereocenters. The van der Waals surface area contributed by atoms with Gasteiger partial charge >= 0.3 is 6.03 Å². The van der Waals surface area contributed by atoms with Crippen LogP contribution in [-0.2, 0) is 13.5 Å². The molecule has 12 heteroatoms. The Bertz CT molecular complexity index is 1310. The molecule has 2 aliphatic heterocycles. The average Bonchev–Trinajstić information content (AvgIpc) is 3.37. The van der Waals surface area contributed by atoms with E-state index in [2.05, 4.69) is 51.9 Å². The van der Waals surface area contributed by atoms with E-state index < -0.39 is 0 Å². The van der Waals surface area contributed by atoms with Gasteiger partial charge in [0.1, 0.15) is 5.82 Å². The summed E-state index contributed by atoms with van der Waals surface area (Å²) in [6, 6.07) is 12.2. The lowest BCUT2D eigenvalue weighted by Crippen LogP contribution is -2.56. The molecule has 0 aliphatic carbocycles. The number of hydrogen-bond acceptors (Lipinski definition) is 7. The van der Waals surface area contributed by atoms with Gasteiger partial charge in [-0.25, -0.2) is 13.9 Å². The highest BCUT2D eigenvalue weighted by molar-refractivity contribution is 9.10. The Morgan fingerprint density at radius 2 is 1.95 bits per heavy atom. The minimum Gasteiger partial charge on any atom is -0.395 e. The Morgan fingerprint density at radius 3 is 2.71 bits per heavy atom. The van der Waals surface area contributed by atoms with Crippen LogP contribution in [0.15, 0.2) is 46.9 Å². The smallest absolute Gasteiger partial charge is 0.319 e. The predicted molar refractivity (Wildman–Crippen MR) is 159 cm³/mol. The number of carbonyl (C=O) groups excluding carboxylic acids is 1. The molecule has 3 heterocycles. The van der Waals surface area contributed by atoms with Gasteiger partial charge in [-0.1, -0.05) is 28.1 Å². The lowest BCUT2D eigenvalue weighted by molar-refractivity contribution is 0.0760. The molecule has 2 amide bonds. The summed E-state index contributed by atoms with van der Waals surface area (Å²) >= 11 is 3.53. The third-order valence-electron chi connectivity index (χ3n) is 8.12. The zero-order valence-corrected chi connectivity index (χ0v) is 24.9. The Labute approximate surface area is 248 Å². The van der Waals surface area contributed by atoms with Crippen LogP contribution in [0.5, 0.6) is 0 Å². The maximum Gasteiger partial charge on any atom is 0.319 e. The summed E-state index contributed by atoms with van der Waals surface area (Å²) in [6.07, 6.45) is 4.06. The number of aryl methyl sites for hydroxylation is 1. The first kappa shape index (κ1) is 29.6. The quantitative estimate of drug-likeness (QED) is 0.332. The number of aliphatic hydroxyl groups is 1. The number of rotatable bonds is 9. The molecule has 0 radical (unpaired) electrons. The number of nitrogens with zero attached hydrogens (tertiary/aromatic N) is 6. The van der Waals surface area contributed by atoms with Gasteiger partial charge in [0.25, 0.3) is 0 Å². The van der Waals surface area contributed by atoms with E-state index in [0.717, 1.165) is 68.4 Å². The molecular weight excluding hydrogens is 591 g/mol. The maximum absolute atomic E-state index is 13.4. The second kappa shape index (κ2) is 13.8. The summed E-state index contributed by atoms with van der Waals surface area (Å²) in [6.45, 7) is 5.33. The molecule has 41 heavy (non-hydrogen) atoms. The number of amides is 2. The molecule has 3 atom stereocenters. The molecule has 0 spiro atoms. The molecule has 5 rings (SSSR count). The molecular formula is C29H38BrFN8O2. The van der Waals surface area contributed by atoms with Crippen LogP contribution in [0.4, 0.5) is 14.9 Å². The summed E-state index contributed by atoms with van der Waals surface area (Å²) in [5.41, 5.74) is 2.61. The van der Waals surface area contributed by atoms with Crippen molar-refractivity contribution in [2.24, 2.45) is 18.9 Å². The number of halogens is 2. The molecule has 2 aliphatic rings. The molecule has 2 saturated heterocycles. The van der Waals surface area contributed by atoms with E-state index in [1.54, 1.807) is 11.7 Å². The highest BCUT2D eigenvalue weighted by Gasteiger charge is 2.33. The topological polar surface area (TPSA) is 111 Å². The number of likely N-dealkylation sites (tertiary alicyclic amines) is 2. The molecule has 2 aromatic carbocycles. The number of benzene rings is 2. The van der Waals surface area contributed by atoms with Gasteiger partial charge in [0.05, 0.1) is 6.61 Å². The molecule has 3 aromatic rings. The van der Waals surface area contributed by atoms with Crippen molar-refractivity contribution < 1.29 is 14.3 Å². The molecule has 10 nitrogen and oxygen atoms in total. The van der Waals surface area contributed by atoms with E-state index >= 15 is 0 Å². The number of carbonyl (C=O) groups is 1. The third kappa shape index (κ3) is 8.09. The zero-order valence-electron chi connectivity index (χ0n) is 23.3. The number of urea groups is 1. The van der Waals surface area contributed by atoms with E-state index in [4.69, 9.17) is 0 Å². The van der Waals surface area contributed by atoms with Crippen LogP contribution in [0.25, 0.3) is 11.4 Å². The highest BCUT2D eigenvalue weighted by Crippen LogP contribution is 2.27. The van der Waals surface area contributed by atoms with Crippen LogP contribution < -0.4 is 10.6 Å². The number of anilines is 1. The lowest BCUT2D eigenvalue weighted by atomic mass is 9.88. The highest BCUT2D eigenvalue weighted by atomic mass is 79.9. The Kier molecular flexibility index (Phi) is 9.97.